The monoisotopic (exact) mass is 286 g/mol. The molecule has 0 aromatic heterocycles. The molecule has 0 bridgehead atoms. The lowest BCUT2D eigenvalue weighted by molar-refractivity contribution is -0.142. The molecular formula is C14H26N2O4. The van der Waals surface area contributed by atoms with Crippen LogP contribution in [0.5, 0.6) is 0 Å². The zero-order valence-corrected chi connectivity index (χ0v) is 12.8. The van der Waals surface area contributed by atoms with Crippen molar-refractivity contribution < 1.29 is 19.5 Å². The van der Waals surface area contributed by atoms with E-state index in [4.69, 9.17) is 5.11 Å². The maximum atomic E-state index is 11.6. The van der Waals surface area contributed by atoms with Gasteiger partial charge in [0.2, 0.25) is 11.8 Å². The SMILES string of the molecule is CCCC(CNC(=O)CCNC(=O)C(C)(C)C)C(=O)O. The van der Waals surface area contributed by atoms with Crippen LogP contribution in [0, 0.1) is 11.3 Å². The van der Waals surface area contributed by atoms with Crippen molar-refractivity contribution in [2.45, 2.75) is 47.0 Å². The highest BCUT2D eigenvalue weighted by Crippen LogP contribution is 2.12. The van der Waals surface area contributed by atoms with Crippen LogP contribution in [0.2, 0.25) is 0 Å². The number of carboxylic acids is 1. The summed E-state index contributed by atoms with van der Waals surface area (Å²) in [5.41, 5.74) is -0.480. The molecule has 6 heteroatoms. The molecule has 3 N–H and O–H groups in total. The quantitative estimate of drug-likeness (QED) is 0.624. The van der Waals surface area contributed by atoms with E-state index in [2.05, 4.69) is 10.6 Å². The first-order chi connectivity index (χ1) is 9.18. The molecule has 2 amide bonds. The minimum absolute atomic E-state index is 0.111. The molecule has 20 heavy (non-hydrogen) atoms. The lowest BCUT2D eigenvalue weighted by Crippen LogP contribution is -2.38. The minimum atomic E-state index is -0.895. The van der Waals surface area contributed by atoms with Crippen LogP contribution in [-0.4, -0.2) is 36.0 Å². The van der Waals surface area contributed by atoms with Crippen molar-refractivity contribution in [3.63, 3.8) is 0 Å². The Morgan fingerprint density at radius 1 is 1.15 bits per heavy atom. The molecule has 0 aromatic rings. The van der Waals surface area contributed by atoms with Crippen molar-refractivity contribution in [3.8, 4) is 0 Å². The molecule has 0 saturated heterocycles. The number of hydrogen-bond donors (Lipinski definition) is 3. The van der Waals surface area contributed by atoms with Crippen LogP contribution in [0.4, 0.5) is 0 Å². The highest BCUT2D eigenvalue weighted by atomic mass is 16.4. The van der Waals surface area contributed by atoms with E-state index in [-0.39, 0.29) is 31.3 Å². The van der Waals surface area contributed by atoms with Gasteiger partial charge in [-0.25, -0.2) is 0 Å². The Balaban J connectivity index is 3.95. The van der Waals surface area contributed by atoms with Crippen LogP contribution in [0.25, 0.3) is 0 Å². The fourth-order valence-electron chi connectivity index (χ4n) is 1.54. The highest BCUT2D eigenvalue weighted by molar-refractivity contribution is 5.82. The zero-order chi connectivity index (χ0) is 15.8. The van der Waals surface area contributed by atoms with Crippen molar-refractivity contribution in [2.24, 2.45) is 11.3 Å². The van der Waals surface area contributed by atoms with Crippen LogP contribution in [0.1, 0.15) is 47.0 Å². The van der Waals surface area contributed by atoms with E-state index in [1.165, 1.54) is 0 Å². The number of carbonyl (C=O) groups excluding carboxylic acids is 2. The highest BCUT2D eigenvalue weighted by Gasteiger charge is 2.21. The largest absolute Gasteiger partial charge is 0.481 e. The van der Waals surface area contributed by atoms with Crippen molar-refractivity contribution in [1.82, 2.24) is 10.6 Å². The van der Waals surface area contributed by atoms with E-state index in [0.29, 0.717) is 6.42 Å². The van der Waals surface area contributed by atoms with Crippen molar-refractivity contribution in [1.29, 1.82) is 0 Å². The maximum Gasteiger partial charge on any atom is 0.308 e. The van der Waals surface area contributed by atoms with E-state index in [0.717, 1.165) is 6.42 Å². The third-order valence-corrected chi connectivity index (χ3v) is 2.85. The standard InChI is InChI=1S/C14H26N2O4/c1-5-6-10(12(18)19)9-16-11(17)7-8-15-13(20)14(2,3)4/h10H,5-9H2,1-4H3,(H,15,20)(H,16,17)(H,18,19). The number of rotatable bonds is 8. The molecule has 0 radical (unpaired) electrons. The summed E-state index contributed by atoms with van der Waals surface area (Å²) in [6.45, 7) is 7.68. The van der Waals surface area contributed by atoms with Gasteiger partial charge >= 0.3 is 5.97 Å². The van der Waals surface area contributed by atoms with E-state index >= 15 is 0 Å². The van der Waals surface area contributed by atoms with Gasteiger partial charge in [0.15, 0.2) is 0 Å². The van der Waals surface area contributed by atoms with E-state index in [9.17, 15) is 14.4 Å². The third kappa shape index (κ3) is 7.76. The van der Waals surface area contributed by atoms with Crippen molar-refractivity contribution >= 4 is 17.8 Å². The second kappa shape index (κ2) is 8.55. The molecule has 0 aromatic carbocycles. The zero-order valence-electron chi connectivity index (χ0n) is 12.8. The number of amides is 2. The molecule has 0 rings (SSSR count). The number of aliphatic carboxylic acids is 1. The molecule has 6 nitrogen and oxygen atoms in total. The summed E-state index contributed by atoms with van der Waals surface area (Å²) < 4.78 is 0. The first-order valence-electron chi connectivity index (χ1n) is 6.96. The minimum Gasteiger partial charge on any atom is -0.481 e. The van der Waals surface area contributed by atoms with Crippen molar-refractivity contribution in [2.75, 3.05) is 13.1 Å². The van der Waals surface area contributed by atoms with E-state index < -0.39 is 17.3 Å². The average molecular weight is 286 g/mol. The van der Waals surface area contributed by atoms with Crippen LogP contribution in [0.15, 0.2) is 0 Å². The fourth-order valence-corrected chi connectivity index (χ4v) is 1.54. The molecule has 0 saturated carbocycles. The summed E-state index contributed by atoms with van der Waals surface area (Å²) in [5.74, 6) is -1.80. The van der Waals surface area contributed by atoms with Gasteiger partial charge in [0.1, 0.15) is 0 Å². The summed E-state index contributed by atoms with van der Waals surface area (Å²) in [5, 5.41) is 14.2. The Hall–Kier alpha value is -1.59. The van der Waals surface area contributed by atoms with Gasteiger partial charge in [-0.2, -0.15) is 0 Å². The molecule has 0 aliphatic heterocycles. The molecule has 116 valence electrons. The van der Waals surface area contributed by atoms with Gasteiger partial charge in [-0.3, -0.25) is 14.4 Å². The molecule has 1 unspecified atom stereocenters. The normalized spacial score (nSPS) is 12.6. The van der Waals surface area contributed by atoms with Crippen molar-refractivity contribution in [3.05, 3.63) is 0 Å². The van der Waals surface area contributed by atoms with Gasteiger partial charge < -0.3 is 15.7 Å². The molecule has 0 heterocycles. The third-order valence-electron chi connectivity index (χ3n) is 2.85. The first-order valence-corrected chi connectivity index (χ1v) is 6.96. The van der Waals surface area contributed by atoms with Gasteiger partial charge in [0.05, 0.1) is 5.92 Å². The summed E-state index contributed by atoms with van der Waals surface area (Å²) in [7, 11) is 0. The van der Waals surface area contributed by atoms with E-state index in [1.54, 1.807) is 20.8 Å². The van der Waals surface area contributed by atoms with Gasteiger partial charge in [-0.05, 0) is 6.42 Å². The van der Waals surface area contributed by atoms with Gasteiger partial charge in [-0.15, -0.1) is 0 Å². The Morgan fingerprint density at radius 2 is 1.75 bits per heavy atom. The van der Waals surface area contributed by atoms with Gasteiger partial charge in [0.25, 0.3) is 0 Å². The number of carboxylic acid groups (broad SMARTS) is 1. The topological polar surface area (TPSA) is 95.5 Å². The summed E-state index contributed by atoms with van der Waals surface area (Å²) >= 11 is 0. The second-order valence-corrected chi connectivity index (χ2v) is 5.88. The van der Waals surface area contributed by atoms with E-state index in [1.807, 2.05) is 6.92 Å². The number of hydrogen-bond acceptors (Lipinski definition) is 3. The Morgan fingerprint density at radius 3 is 2.20 bits per heavy atom. The molecule has 0 spiro atoms. The fraction of sp³-hybridized carbons (Fsp3) is 0.786. The predicted octanol–water partition coefficient (Wildman–Crippen LogP) is 1.16. The number of carbonyl (C=O) groups is 3. The first kappa shape index (κ1) is 18.4. The van der Waals surface area contributed by atoms with Crippen LogP contribution >= 0.6 is 0 Å². The summed E-state index contributed by atoms with van der Waals surface area (Å²) in [4.78, 5) is 34.0. The molecule has 1 atom stereocenters. The van der Waals surface area contributed by atoms with Crippen LogP contribution in [0.3, 0.4) is 0 Å². The maximum absolute atomic E-state index is 11.6. The molecule has 0 aliphatic rings. The smallest absolute Gasteiger partial charge is 0.308 e. The van der Waals surface area contributed by atoms with Gasteiger partial charge in [-0.1, -0.05) is 34.1 Å². The molecule has 0 aliphatic carbocycles. The lowest BCUT2D eigenvalue weighted by Gasteiger charge is -2.17. The second-order valence-electron chi connectivity index (χ2n) is 5.88. The Bertz CT molecular complexity index is 348. The molecular weight excluding hydrogens is 260 g/mol. The number of nitrogens with one attached hydrogen (secondary N) is 2. The Labute approximate surface area is 120 Å². The summed E-state index contributed by atoms with van der Waals surface area (Å²) in [6, 6.07) is 0. The van der Waals surface area contributed by atoms with Gasteiger partial charge in [0, 0.05) is 24.9 Å². The predicted molar refractivity (Wildman–Crippen MR) is 76.1 cm³/mol. The summed E-state index contributed by atoms with van der Waals surface area (Å²) in [6.07, 6.45) is 1.45. The molecule has 0 fully saturated rings. The Kier molecular flexibility index (Phi) is 7.87. The van der Waals surface area contributed by atoms with Crippen LogP contribution in [-0.2, 0) is 14.4 Å². The van der Waals surface area contributed by atoms with Crippen LogP contribution < -0.4 is 10.6 Å². The average Bonchev–Trinajstić information content (AvgIpc) is 2.32. The lowest BCUT2D eigenvalue weighted by atomic mass is 9.96.